The number of nitrogens with one attached hydrogen (secondary N) is 1. The van der Waals surface area contributed by atoms with Crippen LogP contribution in [-0.2, 0) is 16.1 Å². The third-order valence-electron chi connectivity index (χ3n) is 7.95. The van der Waals surface area contributed by atoms with Gasteiger partial charge in [-0.2, -0.15) is 0 Å². The Labute approximate surface area is 257 Å². The Bertz CT molecular complexity index is 1350. The highest BCUT2D eigenvalue weighted by molar-refractivity contribution is 8.01. The molecule has 0 aliphatic carbocycles. The standard InChI is InChI=1S/C32H36Cl2N4O2S/c1-23-3-13-28(14-4-23)41-32(31(40)35-15-16-37-19-17-36(2)18-20-37)21-29(39)38(22-24-5-9-26(33)10-6-24)30(32)25-7-11-27(34)12-8-25/h3-14,30H,15-22H2,1-2H3,(H,35,40). The van der Waals surface area contributed by atoms with E-state index in [-0.39, 0.29) is 18.2 Å². The molecule has 3 aromatic carbocycles. The summed E-state index contributed by atoms with van der Waals surface area (Å²) in [6.07, 6.45) is 0.0900. The van der Waals surface area contributed by atoms with Crippen LogP contribution in [0.25, 0.3) is 0 Å². The van der Waals surface area contributed by atoms with Crippen LogP contribution in [0.15, 0.2) is 77.7 Å². The first-order valence-corrected chi connectivity index (χ1v) is 15.5. The van der Waals surface area contributed by atoms with Gasteiger partial charge in [-0.15, -0.1) is 11.8 Å². The summed E-state index contributed by atoms with van der Waals surface area (Å²) in [7, 11) is 2.13. The van der Waals surface area contributed by atoms with Gasteiger partial charge in [-0.1, -0.05) is 65.2 Å². The van der Waals surface area contributed by atoms with Crippen LogP contribution in [0, 0.1) is 6.92 Å². The lowest BCUT2D eigenvalue weighted by molar-refractivity contribution is -0.129. The molecule has 2 atom stereocenters. The second-order valence-corrected chi connectivity index (χ2v) is 13.3. The molecule has 216 valence electrons. The maximum atomic E-state index is 14.4. The van der Waals surface area contributed by atoms with Gasteiger partial charge in [0.25, 0.3) is 0 Å². The zero-order valence-corrected chi connectivity index (χ0v) is 25.8. The number of rotatable bonds is 9. The van der Waals surface area contributed by atoms with Gasteiger partial charge >= 0.3 is 0 Å². The first-order valence-electron chi connectivity index (χ1n) is 14.0. The van der Waals surface area contributed by atoms with Crippen molar-refractivity contribution in [3.63, 3.8) is 0 Å². The number of carbonyl (C=O) groups is 2. The van der Waals surface area contributed by atoms with E-state index in [4.69, 9.17) is 23.2 Å². The summed E-state index contributed by atoms with van der Waals surface area (Å²) in [5.41, 5.74) is 2.97. The highest BCUT2D eigenvalue weighted by Gasteiger charge is 2.58. The van der Waals surface area contributed by atoms with Gasteiger partial charge in [0, 0.05) is 60.8 Å². The second-order valence-electron chi connectivity index (χ2n) is 11.0. The molecule has 2 aliphatic rings. The summed E-state index contributed by atoms with van der Waals surface area (Å²) < 4.78 is -1.07. The maximum absolute atomic E-state index is 14.4. The SMILES string of the molecule is Cc1ccc(SC2(C(=O)NCCN3CCN(C)CC3)CC(=O)N(Cc3ccc(Cl)cc3)C2c2ccc(Cl)cc2)cc1. The molecule has 0 spiro atoms. The molecule has 2 amide bonds. The normalized spacial score (nSPS) is 21.8. The van der Waals surface area contributed by atoms with Crippen molar-refractivity contribution in [2.75, 3.05) is 46.3 Å². The van der Waals surface area contributed by atoms with Crippen molar-refractivity contribution in [1.82, 2.24) is 20.0 Å². The topological polar surface area (TPSA) is 55.9 Å². The molecule has 6 nitrogen and oxygen atoms in total. The van der Waals surface area contributed by atoms with Crippen LogP contribution in [0.5, 0.6) is 0 Å². The molecular formula is C32H36Cl2N4O2S. The van der Waals surface area contributed by atoms with E-state index in [0.29, 0.717) is 23.1 Å². The number of amides is 2. The molecule has 0 radical (unpaired) electrons. The predicted octanol–water partition coefficient (Wildman–Crippen LogP) is 5.67. The van der Waals surface area contributed by atoms with E-state index in [2.05, 4.69) is 22.2 Å². The van der Waals surface area contributed by atoms with Crippen LogP contribution >= 0.6 is 35.0 Å². The highest BCUT2D eigenvalue weighted by atomic mass is 35.5. The number of halogens is 2. The summed E-state index contributed by atoms with van der Waals surface area (Å²) in [4.78, 5) is 35.8. The minimum atomic E-state index is -1.07. The van der Waals surface area contributed by atoms with E-state index in [1.54, 1.807) is 0 Å². The van der Waals surface area contributed by atoms with Crippen LogP contribution < -0.4 is 5.32 Å². The van der Waals surface area contributed by atoms with E-state index in [1.807, 2.05) is 84.6 Å². The lowest BCUT2D eigenvalue weighted by Crippen LogP contribution is -2.51. The van der Waals surface area contributed by atoms with Crippen LogP contribution in [0.2, 0.25) is 10.0 Å². The number of hydrogen-bond acceptors (Lipinski definition) is 5. The Kier molecular flexibility index (Phi) is 9.62. The number of piperazine rings is 1. The third kappa shape index (κ3) is 7.09. The minimum Gasteiger partial charge on any atom is -0.354 e. The summed E-state index contributed by atoms with van der Waals surface area (Å²) in [6.45, 7) is 7.72. The molecular weight excluding hydrogens is 575 g/mol. The molecule has 2 aliphatic heterocycles. The first kappa shape index (κ1) is 29.9. The van der Waals surface area contributed by atoms with E-state index in [0.717, 1.165) is 54.3 Å². The van der Waals surface area contributed by atoms with Crippen molar-refractivity contribution in [3.05, 3.63) is 99.5 Å². The largest absolute Gasteiger partial charge is 0.354 e. The van der Waals surface area contributed by atoms with Crippen molar-refractivity contribution in [2.24, 2.45) is 0 Å². The van der Waals surface area contributed by atoms with Gasteiger partial charge in [-0.05, 0) is 61.5 Å². The summed E-state index contributed by atoms with van der Waals surface area (Å²) >= 11 is 13.9. The van der Waals surface area contributed by atoms with Crippen LogP contribution in [0.1, 0.15) is 29.2 Å². The maximum Gasteiger partial charge on any atom is 0.239 e. The Morgan fingerprint density at radius 3 is 2.17 bits per heavy atom. The number of aryl methyl sites for hydroxylation is 1. The van der Waals surface area contributed by atoms with Crippen molar-refractivity contribution in [1.29, 1.82) is 0 Å². The number of likely N-dealkylation sites (tertiary alicyclic amines) is 1. The lowest BCUT2D eigenvalue weighted by atomic mass is 9.91. The fourth-order valence-corrected chi connectivity index (χ4v) is 7.27. The molecule has 5 rings (SSSR count). The van der Waals surface area contributed by atoms with Crippen LogP contribution in [0.4, 0.5) is 0 Å². The van der Waals surface area contributed by atoms with E-state index in [1.165, 1.54) is 11.8 Å². The van der Waals surface area contributed by atoms with Gasteiger partial charge in [0.1, 0.15) is 4.75 Å². The molecule has 0 aromatic heterocycles. The molecule has 9 heteroatoms. The van der Waals surface area contributed by atoms with E-state index >= 15 is 0 Å². The zero-order chi connectivity index (χ0) is 29.0. The molecule has 0 bridgehead atoms. The van der Waals surface area contributed by atoms with Crippen molar-refractivity contribution in [2.45, 2.75) is 35.6 Å². The van der Waals surface area contributed by atoms with Crippen LogP contribution in [-0.4, -0.2) is 77.6 Å². The number of hydrogen-bond donors (Lipinski definition) is 1. The smallest absolute Gasteiger partial charge is 0.239 e. The molecule has 2 fully saturated rings. The number of likely N-dealkylation sites (N-methyl/N-ethyl adjacent to an activating group) is 1. The molecule has 3 aromatic rings. The average molecular weight is 612 g/mol. The number of thioether (sulfide) groups is 1. The quantitative estimate of drug-likeness (QED) is 0.338. The Morgan fingerprint density at radius 1 is 0.927 bits per heavy atom. The monoisotopic (exact) mass is 610 g/mol. The van der Waals surface area contributed by atoms with Gasteiger partial charge in [0.05, 0.1) is 12.5 Å². The van der Waals surface area contributed by atoms with Gasteiger partial charge in [0.15, 0.2) is 0 Å². The molecule has 2 saturated heterocycles. The first-order chi connectivity index (χ1) is 19.7. The van der Waals surface area contributed by atoms with Crippen molar-refractivity contribution >= 4 is 46.8 Å². The third-order valence-corrected chi connectivity index (χ3v) is 9.88. The number of carbonyl (C=O) groups excluding carboxylic acids is 2. The van der Waals surface area contributed by atoms with Crippen molar-refractivity contribution < 1.29 is 9.59 Å². The molecule has 1 N–H and O–H groups in total. The number of benzene rings is 3. The molecule has 0 saturated carbocycles. The van der Waals surface area contributed by atoms with Gasteiger partial charge in [-0.3, -0.25) is 14.5 Å². The fraction of sp³-hybridized carbons (Fsp3) is 0.375. The Balaban J connectivity index is 1.49. The second kappa shape index (κ2) is 13.2. The fourth-order valence-electron chi connectivity index (χ4n) is 5.59. The Hall–Kier alpha value is -2.55. The van der Waals surface area contributed by atoms with Gasteiger partial charge < -0.3 is 15.1 Å². The summed E-state index contributed by atoms with van der Waals surface area (Å²) in [6, 6.07) is 22.7. The van der Waals surface area contributed by atoms with E-state index < -0.39 is 10.8 Å². The summed E-state index contributed by atoms with van der Waals surface area (Å²) in [5.74, 6) is -0.183. The predicted molar refractivity (Wildman–Crippen MR) is 168 cm³/mol. The van der Waals surface area contributed by atoms with Gasteiger partial charge in [-0.25, -0.2) is 0 Å². The lowest BCUT2D eigenvalue weighted by Gasteiger charge is -2.37. The zero-order valence-electron chi connectivity index (χ0n) is 23.5. The Morgan fingerprint density at radius 2 is 1.54 bits per heavy atom. The number of nitrogens with zero attached hydrogens (tertiary/aromatic N) is 3. The van der Waals surface area contributed by atoms with Gasteiger partial charge in [0.2, 0.25) is 11.8 Å². The van der Waals surface area contributed by atoms with Crippen molar-refractivity contribution in [3.8, 4) is 0 Å². The molecule has 2 heterocycles. The summed E-state index contributed by atoms with van der Waals surface area (Å²) in [5, 5.41) is 4.49. The average Bonchev–Trinajstić information content (AvgIpc) is 3.24. The van der Waals surface area contributed by atoms with Crippen LogP contribution in [0.3, 0.4) is 0 Å². The molecule has 41 heavy (non-hydrogen) atoms. The minimum absolute atomic E-state index is 0.0614. The highest BCUT2D eigenvalue weighted by Crippen LogP contribution is 2.53. The molecule has 2 unspecified atom stereocenters. The van der Waals surface area contributed by atoms with E-state index in [9.17, 15) is 9.59 Å².